The predicted molar refractivity (Wildman–Crippen MR) is 87.8 cm³/mol. The van der Waals surface area contributed by atoms with Crippen molar-refractivity contribution in [2.75, 3.05) is 5.32 Å². The number of fused-ring (bicyclic) bond motifs is 1. The number of nitrogens with zero attached hydrogens (tertiary/aromatic N) is 1. The monoisotopic (exact) mass is 358 g/mol. The molecule has 1 aliphatic carbocycles. The Labute approximate surface area is 133 Å². The molecule has 1 aliphatic rings. The Balaban J connectivity index is 1.65. The van der Waals surface area contributed by atoms with Crippen molar-refractivity contribution < 1.29 is 4.79 Å². The van der Waals surface area contributed by atoms with E-state index in [-0.39, 0.29) is 32.1 Å². The van der Waals surface area contributed by atoms with E-state index in [1.807, 2.05) is 52.1 Å². The van der Waals surface area contributed by atoms with Crippen molar-refractivity contribution in [3.05, 3.63) is 58.9 Å². The van der Waals surface area contributed by atoms with Crippen LogP contribution in [-0.2, 0) is 4.79 Å². The summed E-state index contributed by atoms with van der Waals surface area (Å²) in [7, 11) is 0. The van der Waals surface area contributed by atoms with Crippen LogP contribution >= 0.6 is 0 Å². The van der Waals surface area contributed by atoms with Crippen LogP contribution in [0, 0.1) is 5.92 Å². The van der Waals surface area contributed by atoms with Crippen molar-refractivity contribution in [2.45, 2.75) is 12.8 Å². The molecule has 1 aromatic heterocycles. The molecule has 0 saturated heterocycles. The molecule has 22 heavy (non-hydrogen) atoms. The summed E-state index contributed by atoms with van der Waals surface area (Å²) in [4.78, 5) is 24.2. The molecule has 0 unspecified atom stereocenters. The molecule has 2 aromatic carbocycles. The number of benzene rings is 2. The zero-order valence-corrected chi connectivity index (χ0v) is 13.5. The average molecular weight is 357 g/mol. The molecule has 1 N–H and O–H groups in total. The molecule has 0 atom stereocenters. The molecule has 0 bridgehead atoms. The van der Waals surface area contributed by atoms with Gasteiger partial charge in [0.1, 0.15) is 0 Å². The summed E-state index contributed by atoms with van der Waals surface area (Å²) in [6.07, 6.45) is 1.99. The Bertz CT molecular complexity index is 904. The number of aromatic nitrogens is 1. The first kappa shape index (κ1) is 13.6. The van der Waals surface area contributed by atoms with Gasteiger partial charge in [0.25, 0.3) is 0 Å². The Morgan fingerprint density at radius 1 is 1.09 bits per heavy atom. The Kier molecular flexibility index (Phi) is 3.25. The van der Waals surface area contributed by atoms with E-state index in [0.717, 1.165) is 33.9 Å². The third-order valence-electron chi connectivity index (χ3n) is 3.81. The van der Waals surface area contributed by atoms with Gasteiger partial charge in [-0.2, -0.15) is 0 Å². The van der Waals surface area contributed by atoms with Gasteiger partial charge in [-0.25, -0.2) is 0 Å². The maximum atomic E-state index is 12.4. The molecule has 0 spiro atoms. The molecule has 4 nitrogen and oxygen atoms in total. The molecular weight excluding hydrogens is 343 g/mol. The third kappa shape index (κ3) is 2.43. The van der Waals surface area contributed by atoms with Gasteiger partial charge in [0.2, 0.25) is 0 Å². The summed E-state index contributed by atoms with van der Waals surface area (Å²) < 4.78 is 2.94. The third-order valence-corrected chi connectivity index (χ3v) is 6.14. The standard InChI is InChI=1S/C17H14N2O2Se/c20-16(11-5-6-11)18-12-7-9-13(10-8-12)19-17(21)14-3-1-2-4-15(14)22-19/h1-4,7-11H,5-6H2,(H,18,20). The minimum atomic E-state index is -0.0214. The van der Waals surface area contributed by atoms with Gasteiger partial charge in [0.05, 0.1) is 0 Å². The molecular formula is C17H14N2O2Se. The topological polar surface area (TPSA) is 51.1 Å². The summed E-state index contributed by atoms with van der Waals surface area (Å²) in [6, 6.07) is 15.3. The van der Waals surface area contributed by atoms with Crippen molar-refractivity contribution in [3.63, 3.8) is 0 Å². The molecule has 4 rings (SSSR count). The van der Waals surface area contributed by atoms with Crippen LogP contribution in [0.4, 0.5) is 5.69 Å². The van der Waals surface area contributed by atoms with Crippen molar-refractivity contribution >= 4 is 36.0 Å². The van der Waals surface area contributed by atoms with Crippen LogP contribution in [-0.4, -0.2) is 24.2 Å². The van der Waals surface area contributed by atoms with Crippen LogP contribution in [0.25, 0.3) is 15.3 Å². The van der Waals surface area contributed by atoms with E-state index in [9.17, 15) is 9.59 Å². The normalized spacial score (nSPS) is 14.2. The van der Waals surface area contributed by atoms with Crippen molar-refractivity contribution in [3.8, 4) is 5.69 Å². The summed E-state index contributed by atoms with van der Waals surface area (Å²) in [5.41, 5.74) is 1.73. The molecule has 0 aliphatic heterocycles. The molecule has 110 valence electrons. The Hall–Kier alpha value is -2.10. The molecule has 1 saturated carbocycles. The number of nitrogens with one attached hydrogen (secondary N) is 1. The zero-order chi connectivity index (χ0) is 15.1. The van der Waals surface area contributed by atoms with Crippen molar-refractivity contribution in [1.29, 1.82) is 0 Å². The second-order valence-corrected chi connectivity index (χ2v) is 7.57. The fourth-order valence-corrected chi connectivity index (χ4v) is 4.51. The first-order valence-electron chi connectivity index (χ1n) is 7.25. The van der Waals surface area contributed by atoms with Gasteiger partial charge in [0, 0.05) is 0 Å². The average Bonchev–Trinajstić information content (AvgIpc) is 3.34. The van der Waals surface area contributed by atoms with Gasteiger partial charge in [-0.1, -0.05) is 0 Å². The van der Waals surface area contributed by atoms with E-state index >= 15 is 0 Å². The van der Waals surface area contributed by atoms with E-state index < -0.39 is 0 Å². The second kappa shape index (κ2) is 5.27. The summed E-state index contributed by atoms with van der Waals surface area (Å²) in [6.45, 7) is 0. The van der Waals surface area contributed by atoms with E-state index in [4.69, 9.17) is 0 Å². The van der Waals surface area contributed by atoms with E-state index in [1.165, 1.54) is 0 Å². The Morgan fingerprint density at radius 3 is 2.50 bits per heavy atom. The maximum absolute atomic E-state index is 12.4. The second-order valence-electron chi connectivity index (χ2n) is 5.50. The van der Waals surface area contributed by atoms with Crippen molar-refractivity contribution in [2.24, 2.45) is 5.92 Å². The van der Waals surface area contributed by atoms with E-state index in [2.05, 4.69) is 5.32 Å². The van der Waals surface area contributed by atoms with Gasteiger partial charge >= 0.3 is 133 Å². The summed E-state index contributed by atoms with van der Waals surface area (Å²) >= 11 is -0.0214. The van der Waals surface area contributed by atoms with Crippen LogP contribution < -0.4 is 10.9 Å². The van der Waals surface area contributed by atoms with Crippen LogP contribution in [0.1, 0.15) is 12.8 Å². The molecule has 3 aromatic rings. The molecule has 5 heteroatoms. The summed E-state index contributed by atoms with van der Waals surface area (Å²) in [5, 5.41) is 3.71. The molecule has 1 fully saturated rings. The Morgan fingerprint density at radius 2 is 1.82 bits per heavy atom. The number of amides is 1. The van der Waals surface area contributed by atoms with Crippen LogP contribution in [0.15, 0.2) is 53.3 Å². The molecule has 0 radical (unpaired) electrons. The first-order valence-corrected chi connectivity index (χ1v) is 8.87. The quantitative estimate of drug-likeness (QED) is 0.732. The van der Waals surface area contributed by atoms with E-state index in [1.54, 1.807) is 0 Å². The number of rotatable bonds is 3. The van der Waals surface area contributed by atoms with Crippen LogP contribution in [0.5, 0.6) is 0 Å². The molecule has 1 amide bonds. The van der Waals surface area contributed by atoms with Crippen LogP contribution in [0.3, 0.4) is 0 Å². The fourth-order valence-electron chi connectivity index (χ4n) is 2.41. The summed E-state index contributed by atoms with van der Waals surface area (Å²) in [5.74, 6) is 0.291. The number of hydrogen-bond acceptors (Lipinski definition) is 2. The van der Waals surface area contributed by atoms with Crippen molar-refractivity contribution in [1.82, 2.24) is 3.56 Å². The predicted octanol–water partition coefficient (Wildman–Crippen LogP) is 2.40. The zero-order valence-electron chi connectivity index (χ0n) is 11.8. The van der Waals surface area contributed by atoms with Gasteiger partial charge in [-0.15, -0.1) is 0 Å². The number of anilines is 1. The fraction of sp³-hybridized carbons (Fsp3) is 0.176. The molecule has 1 heterocycles. The van der Waals surface area contributed by atoms with Crippen LogP contribution in [0.2, 0.25) is 0 Å². The first-order chi connectivity index (χ1) is 10.7. The number of carbonyl (C=O) groups is 1. The minimum absolute atomic E-state index is 0.0214. The number of hydrogen-bond donors (Lipinski definition) is 1. The van der Waals surface area contributed by atoms with E-state index in [0.29, 0.717) is 0 Å². The van der Waals surface area contributed by atoms with Gasteiger partial charge in [-0.05, 0) is 0 Å². The SMILES string of the molecule is O=C(Nc1ccc(-n2[se]c3ccccc3c2=O)cc1)C1CC1. The number of carbonyl (C=O) groups excluding carboxylic acids is 1. The van der Waals surface area contributed by atoms with Gasteiger partial charge < -0.3 is 0 Å². The van der Waals surface area contributed by atoms with Gasteiger partial charge in [-0.3, -0.25) is 0 Å². The van der Waals surface area contributed by atoms with Gasteiger partial charge in [0.15, 0.2) is 0 Å².